The number of rotatable bonds is 9. The maximum atomic E-state index is 13.3. The van der Waals surface area contributed by atoms with Gasteiger partial charge in [-0.3, -0.25) is 9.59 Å². The minimum atomic E-state index is -4.72. The van der Waals surface area contributed by atoms with Crippen molar-refractivity contribution in [2.45, 2.75) is 6.18 Å². The quantitative estimate of drug-likeness (QED) is 0.288. The van der Waals surface area contributed by atoms with Crippen molar-refractivity contribution >= 4 is 29.0 Å². The number of amides is 1. The molecule has 0 aromatic heterocycles. The number of hydrogen-bond acceptors (Lipinski definition) is 4. The highest BCUT2D eigenvalue weighted by atomic mass is 35.5. The molecular formula is C25H19ClF3NO4. The number of nitrogens with one attached hydrogen (secondary N) is 1. The van der Waals surface area contributed by atoms with E-state index in [1.807, 2.05) is 0 Å². The van der Waals surface area contributed by atoms with Crippen LogP contribution in [0.2, 0.25) is 5.02 Å². The van der Waals surface area contributed by atoms with E-state index in [4.69, 9.17) is 21.1 Å². The number of carbonyl (C=O) groups excluding carboxylic acids is 2. The Morgan fingerprint density at radius 2 is 1.74 bits per heavy atom. The number of hydrogen-bond donors (Lipinski definition) is 1. The molecule has 1 N–H and O–H groups in total. The molecule has 0 spiro atoms. The molecule has 0 fully saturated rings. The third-order valence-electron chi connectivity index (χ3n) is 4.54. The topological polar surface area (TPSA) is 64.6 Å². The molecule has 3 aromatic carbocycles. The highest BCUT2D eigenvalue weighted by Gasteiger charge is 2.34. The summed E-state index contributed by atoms with van der Waals surface area (Å²) in [6.45, 7) is 3.08. The van der Waals surface area contributed by atoms with Gasteiger partial charge in [0.25, 0.3) is 5.91 Å². The SMILES string of the molecule is C=CCOc1ccc(C(=O)c2ccccc2)c(OCC(=O)Nc2c(Cl)cccc2C(F)(F)F)c1. The van der Waals surface area contributed by atoms with Gasteiger partial charge in [-0.05, 0) is 24.3 Å². The Labute approximate surface area is 198 Å². The molecule has 0 aliphatic rings. The van der Waals surface area contributed by atoms with E-state index in [0.717, 1.165) is 12.1 Å². The predicted octanol–water partition coefficient (Wildman–Crippen LogP) is 6.17. The Morgan fingerprint density at radius 1 is 1.00 bits per heavy atom. The lowest BCUT2D eigenvalue weighted by Gasteiger charge is -2.16. The monoisotopic (exact) mass is 489 g/mol. The summed E-state index contributed by atoms with van der Waals surface area (Å²) in [6, 6.07) is 16.0. The molecule has 0 atom stereocenters. The Hall–Kier alpha value is -3.78. The van der Waals surface area contributed by atoms with Crippen LogP contribution >= 0.6 is 11.6 Å². The van der Waals surface area contributed by atoms with E-state index in [0.29, 0.717) is 11.3 Å². The number of anilines is 1. The lowest BCUT2D eigenvalue weighted by atomic mass is 10.0. The lowest BCUT2D eigenvalue weighted by molar-refractivity contribution is -0.137. The van der Waals surface area contributed by atoms with Crippen molar-refractivity contribution in [2.24, 2.45) is 0 Å². The van der Waals surface area contributed by atoms with E-state index in [2.05, 4.69) is 11.9 Å². The summed E-state index contributed by atoms with van der Waals surface area (Å²) in [5.74, 6) is -0.878. The van der Waals surface area contributed by atoms with Crippen LogP contribution in [0, 0.1) is 0 Å². The molecule has 0 bridgehead atoms. The number of halogens is 4. The zero-order valence-corrected chi connectivity index (χ0v) is 18.5. The molecule has 5 nitrogen and oxygen atoms in total. The van der Waals surface area contributed by atoms with Crippen LogP contribution in [0.1, 0.15) is 21.5 Å². The Kier molecular flexibility index (Phi) is 7.96. The number of alkyl halides is 3. The zero-order chi connectivity index (χ0) is 24.7. The van der Waals surface area contributed by atoms with Gasteiger partial charge in [0.15, 0.2) is 12.4 Å². The summed E-state index contributed by atoms with van der Waals surface area (Å²) in [7, 11) is 0. The number of ether oxygens (including phenoxy) is 2. The summed E-state index contributed by atoms with van der Waals surface area (Å²) in [6.07, 6.45) is -3.20. The smallest absolute Gasteiger partial charge is 0.418 e. The van der Waals surface area contributed by atoms with Gasteiger partial charge in [-0.25, -0.2) is 0 Å². The average Bonchev–Trinajstić information content (AvgIpc) is 2.82. The van der Waals surface area contributed by atoms with E-state index >= 15 is 0 Å². The second kappa shape index (κ2) is 10.9. The molecule has 0 aliphatic carbocycles. The van der Waals surface area contributed by atoms with E-state index in [-0.39, 0.29) is 28.7 Å². The van der Waals surface area contributed by atoms with Crippen LogP contribution in [0.25, 0.3) is 0 Å². The minimum absolute atomic E-state index is 0.0285. The minimum Gasteiger partial charge on any atom is -0.489 e. The van der Waals surface area contributed by atoms with E-state index in [1.54, 1.807) is 36.4 Å². The molecule has 0 unspecified atom stereocenters. The third-order valence-corrected chi connectivity index (χ3v) is 4.86. The van der Waals surface area contributed by atoms with Crippen LogP contribution in [0.4, 0.5) is 18.9 Å². The van der Waals surface area contributed by atoms with Crippen LogP contribution in [0.15, 0.2) is 79.4 Å². The molecule has 176 valence electrons. The van der Waals surface area contributed by atoms with Gasteiger partial charge in [0.05, 0.1) is 21.8 Å². The standard InChI is InChI=1S/C25H19ClF3NO4/c1-2-13-33-17-11-12-18(24(32)16-7-4-3-5-8-16)21(14-17)34-15-22(31)30-23-19(25(27,28)29)9-6-10-20(23)26/h2-12,14H,1,13,15H2,(H,30,31). The van der Waals surface area contributed by atoms with Gasteiger partial charge < -0.3 is 14.8 Å². The summed E-state index contributed by atoms with van der Waals surface area (Å²) in [5, 5.41) is 1.86. The first kappa shape index (κ1) is 24.9. The van der Waals surface area contributed by atoms with E-state index < -0.39 is 29.9 Å². The van der Waals surface area contributed by atoms with Gasteiger partial charge in [0, 0.05) is 11.6 Å². The van der Waals surface area contributed by atoms with Crippen LogP contribution in [0.3, 0.4) is 0 Å². The second-order valence-corrected chi connectivity index (χ2v) is 7.36. The first-order chi connectivity index (χ1) is 16.2. The highest BCUT2D eigenvalue weighted by Crippen LogP contribution is 2.38. The number of carbonyl (C=O) groups is 2. The zero-order valence-electron chi connectivity index (χ0n) is 17.7. The molecule has 0 radical (unpaired) electrons. The third kappa shape index (κ3) is 6.17. The van der Waals surface area contributed by atoms with Gasteiger partial charge in [0.1, 0.15) is 18.1 Å². The Morgan fingerprint density at radius 3 is 2.41 bits per heavy atom. The molecule has 0 saturated carbocycles. The van der Waals surface area contributed by atoms with Crippen molar-refractivity contribution in [2.75, 3.05) is 18.5 Å². The van der Waals surface area contributed by atoms with Crippen molar-refractivity contribution < 1.29 is 32.2 Å². The van der Waals surface area contributed by atoms with E-state index in [9.17, 15) is 22.8 Å². The summed E-state index contributed by atoms with van der Waals surface area (Å²) in [4.78, 5) is 25.4. The second-order valence-electron chi connectivity index (χ2n) is 6.95. The fourth-order valence-electron chi connectivity index (χ4n) is 3.01. The first-order valence-corrected chi connectivity index (χ1v) is 10.3. The average molecular weight is 490 g/mol. The van der Waals surface area contributed by atoms with Crippen LogP contribution in [-0.4, -0.2) is 24.9 Å². The summed E-state index contributed by atoms with van der Waals surface area (Å²) < 4.78 is 50.8. The molecule has 0 saturated heterocycles. The molecule has 3 rings (SSSR count). The van der Waals surface area contributed by atoms with Gasteiger partial charge in [-0.2, -0.15) is 13.2 Å². The number of para-hydroxylation sites is 1. The molecule has 1 amide bonds. The van der Waals surface area contributed by atoms with Crippen LogP contribution in [-0.2, 0) is 11.0 Å². The maximum absolute atomic E-state index is 13.3. The predicted molar refractivity (Wildman–Crippen MR) is 123 cm³/mol. The number of ketones is 1. The van der Waals surface area contributed by atoms with Crippen molar-refractivity contribution in [1.29, 1.82) is 0 Å². The Bertz CT molecular complexity index is 1200. The molecule has 3 aromatic rings. The van der Waals surface area contributed by atoms with Crippen molar-refractivity contribution in [1.82, 2.24) is 0 Å². The van der Waals surface area contributed by atoms with Gasteiger partial charge in [0.2, 0.25) is 0 Å². The fourth-order valence-corrected chi connectivity index (χ4v) is 3.23. The molecule has 0 heterocycles. The van der Waals surface area contributed by atoms with Crippen LogP contribution < -0.4 is 14.8 Å². The van der Waals surface area contributed by atoms with Crippen molar-refractivity contribution in [3.05, 3.63) is 101 Å². The summed E-state index contributed by atoms with van der Waals surface area (Å²) in [5.41, 5.74) is -1.12. The van der Waals surface area contributed by atoms with Gasteiger partial charge in [-0.15, -0.1) is 0 Å². The first-order valence-electron chi connectivity index (χ1n) is 9.96. The van der Waals surface area contributed by atoms with E-state index in [1.165, 1.54) is 24.3 Å². The van der Waals surface area contributed by atoms with Gasteiger partial charge >= 0.3 is 6.18 Å². The fraction of sp³-hybridized carbons (Fsp3) is 0.120. The van der Waals surface area contributed by atoms with Crippen LogP contribution in [0.5, 0.6) is 11.5 Å². The normalized spacial score (nSPS) is 10.9. The molecule has 34 heavy (non-hydrogen) atoms. The van der Waals surface area contributed by atoms with Gasteiger partial charge in [-0.1, -0.05) is 60.7 Å². The maximum Gasteiger partial charge on any atom is 0.418 e. The lowest BCUT2D eigenvalue weighted by Crippen LogP contribution is -2.23. The Balaban J connectivity index is 1.83. The van der Waals surface area contributed by atoms with Crippen molar-refractivity contribution in [3.63, 3.8) is 0 Å². The van der Waals surface area contributed by atoms with Crippen molar-refractivity contribution in [3.8, 4) is 11.5 Å². The molecule has 9 heteroatoms. The highest BCUT2D eigenvalue weighted by molar-refractivity contribution is 6.34. The molecule has 0 aliphatic heterocycles. The largest absolute Gasteiger partial charge is 0.489 e. The summed E-state index contributed by atoms with van der Waals surface area (Å²) >= 11 is 5.88. The number of benzene rings is 3. The molecular weight excluding hydrogens is 471 g/mol.